The quantitative estimate of drug-likeness (QED) is 0.820. The number of carbonyl (C=O) groups is 2. The predicted molar refractivity (Wildman–Crippen MR) is 75.2 cm³/mol. The van der Waals surface area contributed by atoms with Crippen LogP contribution in [0.1, 0.15) is 21.5 Å². The van der Waals surface area contributed by atoms with Crippen molar-refractivity contribution in [1.29, 1.82) is 0 Å². The van der Waals surface area contributed by atoms with E-state index in [0.717, 1.165) is 17.5 Å². The first kappa shape index (κ1) is 13.8. The number of nitrogens with zero attached hydrogens (tertiary/aromatic N) is 1. The molecule has 0 aliphatic heterocycles. The minimum absolute atomic E-state index is 0.245. The Balaban J connectivity index is 2.03. The molecule has 0 fully saturated rings. The van der Waals surface area contributed by atoms with Gasteiger partial charge in [-0.1, -0.05) is 42.5 Å². The second kappa shape index (κ2) is 6.52. The van der Waals surface area contributed by atoms with Crippen molar-refractivity contribution < 1.29 is 14.7 Å². The number of amides is 1. The standard InChI is InChI=1S/C16H15NO3/c18-12-17(10-13-4-2-1-3-5-13)11-14-6-8-15(9-7-14)16(19)20/h1-9,12H,10-11H2,(H,19,20). The normalized spacial score (nSPS) is 10.0. The van der Waals surface area contributed by atoms with Crippen LogP contribution in [-0.4, -0.2) is 22.4 Å². The number of rotatable bonds is 6. The van der Waals surface area contributed by atoms with E-state index in [1.807, 2.05) is 30.3 Å². The van der Waals surface area contributed by atoms with Gasteiger partial charge in [0.15, 0.2) is 0 Å². The lowest BCUT2D eigenvalue weighted by Gasteiger charge is -2.17. The molecule has 0 atom stereocenters. The summed E-state index contributed by atoms with van der Waals surface area (Å²) >= 11 is 0. The van der Waals surface area contributed by atoms with Gasteiger partial charge in [-0.05, 0) is 23.3 Å². The molecule has 1 N–H and O–H groups in total. The van der Waals surface area contributed by atoms with Gasteiger partial charge < -0.3 is 10.0 Å². The Morgan fingerprint density at radius 3 is 2.00 bits per heavy atom. The van der Waals surface area contributed by atoms with Crippen LogP contribution in [0.4, 0.5) is 0 Å². The van der Waals surface area contributed by atoms with Crippen LogP contribution in [0.25, 0.3) is 0 Å². The highest BCUT2D eigenvalue weighted by molar-refractivity contribution is 5.87. The molecule has 0 aliphatic carbocycles. The number of carbonyl (C=O) groups excluding carboxylic acids is 1. The van der Waals surface area contributed by atoms with Crippen molar-refractivity contribution in [3.63, 3.8) is 0 Å². The third-order valence-electron chi connectivity index (χ3n) is 2.96. The molecule has 0 radical (unpaired) electrons. The topological polar surface area (TPSA) is 57.6 Å². The fourth-order valence-corrected chi connectivity index (χ4v) is 1.94. The van der Waals surface area contributed by atoms with E-state index < -0.39 is 5.97 Å². The Morgan fingerprint density at radius 1 is 0.950 bits per heavy atom. The molecule has 4 nitrogen and oxygen atoms in total. The summed E-state index contributed by atoms with van der Waals surface area (Å²) in [5.41, 5.74) is 2.20. The molecule has 1 amide bonds. The first-order valence-corrected chi connectivity index (χ1v) is 6.24. The van der Waals surface area contributed by atoms with Crippen molar-refractivity contribution in [1.82, 2.24) is 4.90 Å². The summed E-state index contributed by atoms with van der Waals surface area (Å²) in [6, 6.07) is 16.3. The van der Waals surface area contributed by atoms with Gasteiger partial charge in [-0.15, -0.1) is 0 Å². The molecule has 0 aliphatic rings. The van der Waals surface area contributed by atoms with Gasteiger partial charge in [-0.3, -0.25) is 4.79 Å². The van der Waals surface area contributed by atoms with Crippen LogP contribution in [-0.2, 0) is 17.9 Å². The zero-order chi connectivity index (χ0) is 14.4. The Hall–Kier alpha value is -2.62. The summed E-state index contributed by atoms with van der Waals surface area (Å²) in [5, 5.41) is 8.83. The van der Waals surface area contributed by atoms with Crippen molar-refractivity contribution in [3.8, 4) is 0 Å². The number of carboxylic acids is 1. The number of carboxylic acid groups (broad SMARTS) is 1. The van der Waals surface area contributed by atoms with Gasteiger partial charge in [-0.2, -0.15) is 0 Å². The van der Waals surface area contributed by atoms with Crippen LogP contribution in [0.2, 0.25) is 0 Å². The van der Waals surface area contributed by atoms with E-state index >= 15 is 0 Å². The molecule has 2 aromatic rings. The summed E-state index contributed by atoms with van der Waals surface area (Å²) in [5.74, 6) is -0.951. The van der Waals surface area contributed by atoms with Crippen molar-refractivity contribution in [3.05, 3.63) is 71.3 Å². The minimum Gasteiger partial charge on any atom is -0.478 e. The van der Waals surface area contributed by atoms with Gasteiger partial charge >= 0.3 is 5.97 Å². The zero-order valence-electron chi connectivity index (χ0n) is 10.9. The number of hydrogen-bond acceptors (Lipinski definition) is 2. The van der Waals surface area contributed by atoms with Gasteiger partial charge in [0, 0.05) is 13.1 Å². The fraction of sp³-hybridized carbons (Fsp3) is 0.125. The smallest absolute Gasteiger partial charge is 0.335 e. The maximum Gasteiger partial charge on any atom is 0.335 e. The zero-order valence-corrected chi connectivity index (χ0v) is 10.9. The molecule has 20 heavy (non-hydrogen) atoms. The molecule has 102 valence electrons. The van der Waals surface area contributed by atoms with Crippen LogP contribution in [0.5, 0.6) is 0 Å². The van der Waals surface area contributed by atoms with Gasteiger partial charge in [0.25, 0.3) is 0 Å². The predicted octanol–water partition coefficient (Wildman–Crippen LogP) is 2.54. The summed E-state index contributed by atoms with van der Waals surface area (Å²) in [4.78, 5) is 23.5. The van der Waals surface area contributed by atoms with Crippen LogP contribution in [0, 0.1) is 0 Å². The molecule has 2 aromatic carbocycles. The third kappa shape index (κ3) is 3.68. The lowest BCUT2D eigenvalue weighted by molar-refractivity contribution is -0.119. The van der Waals surface area contributed by atoms with Crippen molar-refractivity contribution >= 4 is 12.4 Å². The SMILES string of the molecule is O=CN(Cc1ccccc1)Cc1ccc(C(=O)O)cc1. The number of benzene rings is 2. The molecular formula is C16H15NO3. The highest BCUT2D eigenvalue weighted by atomic mass is 16.4. The van der Waals surface area contributed by atoms with Gasteiger partial charge in [0.05, 0.1) is 5.56 Å². The Bertz CT molecular complexity index is 578. The lowest BCUT2D eigenvalue weighted by atomic mass is 10.1. The van der Waals surface area contributed by atoms with E-state index in [-0.39, 0.29) is 5.56 Å². The minimum atomic E-state index is -0.951. The van der Waals surface area contributed by atoms with E-state index in [1.165, 1.54) is 0 Å². The number of hydrogen-bond donors (Lipinski definition) is 1. The van der Waals surface area contributed by atoms with E-state index in [2.05, 4.69) is 0 Å². The maximum absolute atomic E-state index is 11.1. The van der Waals surface area contributed by atoms with Crippen molar-refractivity contribution in [2.24, 2.45) is 0 Å². The summed E-state index contributed by atoms with van der Waals surface area (Å²) in [6.07, 6.45) is 0.804. The maximum atomic E-state index is 11.1. The average molecular weight is 269 g/mol. The molecule has 0 saturated carbocycles. The number of aromatic carboxylic acids is 1. The molecular weight excluding hydrogens is 254 g/mol. The average Bonchev–Trinajstić information content (AvgIpc) is 2.48. The van der Waals surface area contributed by atoms with Crippen molar-refractivity contribution in [2.45, 2.75) is 13.1 Å². The highest BCUT2D eigenvalue weighted by Crippen LogP contribution is 2.10. The first-order valence-electron chi connectivity index (χ1n) is 6.24. The second-order valence-electron chi connectivity index (χ2n) is 4.50. The Kier molecular flexibility index (Phi) is 4.50. The monoisotopic (exact) mass is 269 g/mol. The molecule has 0 spiro atoms. The lowest BCUT2D eigenvalue weighted by Crippen LogP contribution is -2.20. The molecule has 0 unspecified atom stereocenters. The van der Waals surface area contributed by atoms with Gasteiger partial charge in [0.2, 0.25) is 6.41 Å². The van der Waals surface area contributed by atoms with Gasteiger partial charge in [-0.25, -0.2) is 4.79 Å². The molecule has 4 heteroatoms. The Morgan fingerprint density at radius 2 is 1.50 bits per heavy atom. The molecule has 0 heterocycles. The van der Waals surface area contributed by atoms with Gasteiger partial charge in [0.1, 0.15) is 0 Å². The van der Waals surface area contributed by atoms with Crippen LogP contribution >= 0.6 is 0 Å². The van der Waals surface area contributed by atoms with Crippen LogP contribution in [0.15, 0.2) is 54.6 Å². The van der Waals surface area contributed by atoms with Crippen molar-refractivity contribution in [2.75, 3.05) is 0 Å². The van der Waals surface area contributed by atoms with Crippen LogP contribution in [0.3, 0.4) is 0 Å². The molecule has 2 rings (SSSR count). The summed E-state index contributed by atoms with van der Waals surface area (Å²) in [6.45, 7) is 0.989. The summed E-state index contributed by atoms with van der Waals surface area (Å²) < 4.78 is 0. The largest absolute Gasteiger partial charge is 0.478 e. The molecule has 0 bridgehead atoms. The third-order valence-corrected chi connectivity index (χ3v) is 2.96. The fourth-order valence-electron chi connectivity index (χ4n) is 1.94. The van der Waals surface area contributed by atoms with E-state index in [1.54, 1.807) is 29.2 Å². The second-order valence-corrected chi connectivity index (χ2v) is 4.50. The van der Waals surface area contributed by atoms with E-state index in [9.17, 15) is 9.59 Å². The van der Waals surface area contributed by atoms with E-state index in [4.69, 9.17) is 5.11 Å². The Labute approximate surface area is 117 Å². The first-order chi connectivity index (χ1) is 9.69. The summed E-state index contributed by atoms with van der Waals surface area (Å²) in [7, 11) is 0. The molecule has 0 aromatic heterocycles. The van der Waals surface area contributed by atoms with E-state index in [0.29, 0.717) is 13.1 Å². The highest BCUT2D eigenvalue weighted by Gasteiger charge is 2.06. The van der Waals surface area contributed by atoms with Crippen LogP contribution < -0.4 is 0 Å². The molecule has 0 saturated heterocycles.